The number of rotatable bonds is 3. The van der Waals surface area contributed by atoms with Crippen molar-refractivity contribution in [2.75, 3.05) is 20.1 Å². The van der Waals surface area contributed by atoms with Crippen molar-refractivity contribution in [2.24, 2.45) is 0 Å². The number of carbonyl (C=O) groups excluding carboxylic acids is 1. The maximum atomic E-state index is 12.0. The van der Waals surface area contributed by atoms with Gasteiger partial charge in [0.15, 0.2) is 0 Å². The summed E-state index contributed by atoms with van der Waals surface area (Å²) in [4.78, 5) is 13.8. The number of benzene rings is 1. The topological polar surface area (TPSA) is 32.3 Å². The van der Waals surface area contributed by atoms with Gasteiger partial charge in [0.1, 0.15) is 0 Å². The van der Waals surface area contributed by atoms with Gasteiger partial charge >= 0.3 is 0 Å². The molecule has 0 spiro atoms. The minimum Gasteiger partial charge on any atom is -0.340 e. The van der Waals surface area contributed by atoms with E-state index >= 15 is 0 Å². The molecule has 1 aliphatic rings. The van der Waals surface area contributed by atoms with E-state index in [1.807, 2.05) is 38.2 Å². The lowest BCUT2D eigenvalue weighted by atomic mass is 10.1. The zero-order valence-electron chi connectivity index (χ0n) is 9.86. The Morgan fingerprint density at radius 1 is 1.44 bits per heavy atom. The van der Waals surface area contributed by atoms with Crippen molar-refractivity contribution in [2.45, 2.75) is 19.4 Å². The van der Waals surface area contributed by atoms with Gasteiger partial charge in [-0.25, -0.2) is 0 Å². The van der Waals surface area contributed by atoms with Gasteiger partial charge < -0.3 is 10.2 Å². The molecule has 0 saturated carbocycles. The van der Waals surface area contributed by atoms with E-state index in [9.17, 15) is 4.79 Å². The Hall–Kier alpha value is -1.35. The molecule has 0 aliphatic carbocycles. The average molecular weight is 218 g/mol. The van der Waals surface area contributed by atoms with Crippen molar-refractivity contribution in [3.8, 4) is 0 Å². The van der Waals surface area contributed by atoms with Crippen LogP contribution in [0.3, 0.4) is 0 Å². The third kappa shape index (κ3) is 2.42. The molecular weight excluding hydrogens is 200 g/mol. The maximum Gasteiger partial charge on any atom is 0.253 e. The second-order valence-corrected chi connectivity index (χ2v) is 4.49. The van der Waals surface area contributed by atoms with Gasteiger partial charge in [0.05, 0.1) is 0 Å². The zero-order valence-corrected chi connectivity index (χ0v) is 9.86. The highest BCUT2D eigenvalue weighted by Crippen LogP contribution is 2.09. The first-order valence-electron chi connectivity index (χ1n) is 5.72. The molecule has 1 aliphatic heterocycles. The van der Waals surface area contributed by atoms with Crippen molar-refractivity contribution in [1.82, 2.24) is 10.2 Å². The number of aryl methyl sites for hydroxylation is 1. The van der Waals surface area contributed by atoms with Crippen LogP contribution in [0.15, 0.2) is 24.3 Å². The largest absolute Gasteiger partial charge is 0.340 e. The Morgan fingerprint density at radius 2 is 2.06 bits per heavy atom. The van der Waals surface area contributed by atoms with E-state index in [-0.39, 0.29) is 5.91 Å². The van der Waals surface area contributed by atoms with Crippen LogP contribution in [0.4, 0.5) is 0 Å². The minimum absolute atomic E-state index is 0.105. The summed E-state index contributed by atoms with van der Waals surface area (Å²) in [5.41, 5.74) is 1.95. The lowest BCUT2D eigenvalue weighted by molar-refractivity contribution is 0.0766. The number of amides is 1. The number of hydrogen-bond acceptors (Lipinski definition) is 2. The van der Waals surface area contributed by atoms with Crippen LogP contribution in [0.1, 0.15) is 22.3 Å². The molecule has 1 unspecified atom stereocenters. The van der Waals surface area contributed by atoms with Crippen LogP contribution >= 0.6 is 0 Å². The van der Waals surface area contributed by atoms with Crippen LogP contribution in [-0.4, -0.2) is 37.0 Å². The van der Waals surface area contributed by atoms with Gasteiger partial charge in [0.2, 0.25) is 0 Å². The van der Waals surface area contributed by atoms with Crippen LogP contribution in [0.5, 0.6) is 0 Å². The van der Waals surface area contributed by atoms with Gasteiger partial charge in [0.25, 0.3) is 5.91 Å². The molecule has 3 heteroatoms. The monoisotopic (exact) mass is 218 g/mol. The summed E-state index contributed by atoms with van der Waals surface area (Å²) in [5.74, 6) is 0.105. The molecule has 16 heavy (non-hydrogen) atoms. The number of nitrogens with zero attached hydrogens (tertiary/aromatic N) is 1. The van der Waals surface area contributed by atoms with Crippen molar-refractivity contribution in [3.63, 3.8) is 0 Å². The van der Waals surface area contributed by atoms with Crippen LogP contribution in [0, 0.1) is 6.92 Å². The Balaban J connectivity index is 1.97. The second-order valence-electron chi connectivity index (χ2n) is 4.49. The predicted molar refractivity (Wildman–Crippen MR) is 64.5 cm³/mol. The average Bonchev–Trinajstić information content (AvgIpc) is 2.23. The van der Waals surface area contributed by atoms with Gasteiger partial charge in [-0.3, -0.25) is 4.79 Å². The van der Waals surface area contributed by atoms with Crippen molar-refractivity contribution < 1.29 is 4.79 Å². The molecule has 1 fully saturated rings. The van der Waals surface area contributed by atoms with Crippen LogP contribution in [-0.2, 0) is 0 Å². The van der Waals surface area contributed by atoms with Gasteiger partial charge in [-0.15, -0.1) is 0 Å². The summed E-state index contributed by atoms with van der Waals surface area (Å²) in [7, 11) is 1.86. The Bertz CT molecular complexity index is 368. The molecule has 0 radical (unpaired) electrons. The van der Waals surface area contributed by atoms with E-state index in [0.717, 1.165) is 18.7 Å². The summed E-state index contributed by atoms with van der Waals surface area (Å²) in [5, 5.41) is 3.30. The van der Waals surface area contributed by atoms with E-state index in [0.29, 0.717) is 6.04 Å². The molecule has 1 atom stereocenters. The molecule has 1 saturated heterocycles. The highest BCUT2D eigenvalue weighted by Gasteiger charge is 2.21. The molecule has 1 aromatic carbocycles. The van der Waals surface area contributed by atoms with Crippen molar-refractivity contribution in [1.29, 1.82) is 0 Å². The quantitative estimate of drug-likeness (QED) is 0.832. The maximum absolute atomic E-state index is 12.0. The van der Waals surface area contributed by atoms with Crippen molar-refractivity contribution >= 4 is 5.91 Å². The first kappa shape index (κ1) is 11.1. The molecule has 1 N–H and O–H groups in total. The third-order valence-electron chi connectivity index (χ3n) is 3.07. The molecule has 3 nitrogen and oxygen atoms in total. The van der Waals surface area contributed by atoms with Gasteiger partial charge in [-0.1, -0.05) is 17.7 Å². The van der Waals surface area contributed by atoms with E-state index in [1.54, 1.807) is 4.90 Å². The molecule has 1 heterocycles. The smallest absolute Gasteiger partial charge is 0.253 e. The summed E-state index contributed by atoms with van der Waals surface area (Å²) in [6, 6.07) is 8.22. The third-order valence-corrected chi connectivity index (χ3v) is 3.07. The normalized spacial score (nSPS) is 19.0. The first-order valence-corrected chi connectivity index (χ1v) is 5.72. The van der Waals surface area contributed by atoms with E-state index in [1.165, 1.54) is 12.0 Å². The standard InChI is InChI=1S/C13H18N2O/c1-10-3-5-11(6-4-10)13(16)15(2)9-12-7-8-14-12/h3-6,12,14H,7-9H2,1-2H3. The minimum atomic E-state index is 0.105. The number of carbonyl (C=O) groups is 1. The number of likely N-dealkylation sites (N-methyl/N-ethyl adjacent to an activating group) is 1. The van der Waals surface area contributed by atoms with Gasteiger partial charge in [-0.2, -0.15) is 0 Å². The van der Waals surface area contributed by atoms with E-state index in [2.05, 4.69) is 5.32 Å². The molecule has 0 bridgehead atoms. The fourth-order valence-corrected chi connectivity index (χ4v) is 1.83. The SMILES string of the molecule is Cc1ccc(C(=O)N(C)CC2CCN2)cc1. The van der Waals surface area contributed by atoms with Crippen molar-refractivity contribution in [3.05, 3.63) is 35.4 Å². The number of nitrogens with one attached hydrogen (secondary N) is 1. The predicted octanol–water partition coefficient (Wildman–Crippen LogP) is 1.43. The first-order chi connectivity index (χ1) is 7.66. The highest BCUT2D eigenvalue weighted by molar-refractivity contribution is 5.94. The second kappa shape index (κ2) is 4.66. The molecule has 1 aromatic rings. The van der Waals surface area contributed by atoms with Gasteiger partial charge in [0, 0.05) is 25.2 Å². The van der Waals surface area contributed by atoms with Gasteiger partial charge in [-0.05, 0) is 32.0 Å². The summed E-state index contributed by atoms with van der Waals surface area (Å²) in [6.45, 7) is 3.90. The van der Waals surface area contributed by atoms with Crippen LogP contribution in [0.2, 0.25) is 0 Å². The summed E-state index contributed by atoms with van der Waals surface area (Å²) in [6.07, 6.45) is 1.17. The Labute approximate surface area is 96.5 Å². The highest BCUT2D eigenvalue weighted by atomic mass is 16.2. The lowest BCUT2D eigenvalue weighted by Crippen LogP contribution is -2.50. The molecule has 1 amide bonds. The molecule has 2 rings (SSSR count). The Kier molecular flexibility index (Phi) is 3.25. The molecular formula is C13H18N2O. The van der Waals surface area contributed by atoms with Crippen LogP contribution < -0.4 is 5.32 Å². The van der Waals surface area contributed by atoms with E-state index in [4.69, 9.17) is 0 Å². The lowest BCUT2D eigenvalue weighted by Gasteiger charge is -2.31. The Morgan fingerprint density at radius 3 is 2.56 bits per heavy atom. The zero-order chi connectivity index (χ0) is 11.5. The van der Waals surface area contributed by atoms with E-state index < -0.39 is 0 Å². The fraction of sp³-hybridized carbons (Fsp3) is 0.462. The molecule has 0 aromatic heterocycles. The number of hydrogen-bond donors (Lipinski definition) is 1. The molecule has 86 valence electrons. The van der Waals surface area contributed by atoms with Crippen LogP contribution in [0.25, 0.3) is 0 Å². The fourth-order valence-electron chi connectivity index (χ4n) is 1.83. The summed E-state index contributed by atoms with van der Waals surface area (Å²) >= 11 is 0. The summed E-state index contributed by atoms with van der Waals surface area (Å²) < 4.78 is 0.